The van der Waals surface area contributed by atoms with Crippen molar-refractivity contribution >= 4 is 16.9 Å². The first-order valence-corrected chi connectivity index (χ1v) is 10.8. The molecule has 0 unspecified atom stereocenters. The molecule has 1 amide bonds. The number of aromatic nitrogens is 3. The fraction of sp³-hybridized carbons (Fsp3) is 0.0741. The van der Waals surface area contributed by atoms with Crippen LogP contribution in [0.5, 0.6) is 5.75 Å². The third-order valence-electron chi connectivity index (χ3n) is 5.65. The summed E-state index contributed by atoms with van der Waals surface area (Å²) in [5.74, 6) is -0.472. The molecule has 0 aliphatic carbocycles. The van der Waals surface area contributed by atoms with E-state index >= 15 is 0 Å². The van der Waals surface area contributed by atoms with Gasteiger partial charge in [-0.2, -0.15) is 5.10 Å². The molecule has 0 saturated heterocycles. The van der Waals surface area contributed by atoms with Crippen molar-refractivity contribution in [3.05, 3.63) is 102 Å². The van der Waals surface area contributed by atoms with Gasteiger partial charge in [0.05, 0.1) is 29.4 Å². The maximum absolute atomic E-state index is 13.5. The molecule has 5 rings (SSSR count). The average Bonchev–Trinajstić information content (AvgIpc) is 3.32. The third-order valence-corrected chi connectivity index (χ3v) is 5.65. The summed E-state index contributed by atoms with van der Waals surface area (Å²) in [6.07, 6.45) is 0. The van der Waals surface area contributed by atoms with Gasteiger partial charge in [-0.1, -0.05) is 24.3 Å². The Balaban J connectivity index is 1.62. The monoisotopic (exact) mass is 470 g/mol. The summed E-state index contributed by atoms with van der Waals surface area (Å²) in [4.78, 5) is 18.1. The van der Waals surface area contributed by atoms with Gasteiger partial charge in [0.2, 0.25) is 0 Å². The molecule has 0 aliphatic rings. The van der Waals surface area contributed by atoms with Crippen molar-refractivity contribution in [2.75, 3.05) is 7.11 Å². The van der Waals surface area contributed by atoms with Crippen LogP contribution in [-0.2, 0) is 6.54 Å². The summed E-state index contributed by atoms with van der Waals surface area (Å²) in [6.45, 7) is 0.205. The fourth-order valence-corrected chi connectivity index (χ4v) is 3.90. The van der Waals surface area contributed by atoms with Crippen LogP contribution >= 0.6 is 0 Å². The topological polar surface area (TPSA) is 79.9 Å². The number of ether oxygens (including phenoxy) is 1. The Morgan fingerprint density at radius 2 is 1.66 bits per heavy atom. The van der Waals surface area contributed by atoms with Gasteiger partial charge in [0, 0.05) is 17.7 Å². The first-order chi connectivity index (χ1) is 17.0. The van der Waals surface area contributed by atoms with Gasteiger partial charge in [-0.25, -0.2) is 13.8 Å². The fourth-order valence-electron chi connectivity index (χ4n) is 3.90. The molecule has 35 heavy (non-hydrogen) atoms. The summed E-state index contributed by atoms with van der Waals surface area (Å²) < 4.78 is 32.2. The van der Waals surface area contributed by atoms with Crippen molar-refractivity contribution in [2.24, 2.45) is 0 Å². The average molecular weight is 470 g/mol. The molecule has 8 heteroatoms. The number of benzene rings is 3. The number of nitrogens with zero attached hydrogens (tertiary/aromatic N) is 2. The summed E-state index contributed by atoms with van der Waals surface area (Å²) in [5, 5.41) is 10.7. The van der Waals surface area contributed by atoms with E-state index in [4.69, 9.17) is 4.74 Å². The van der Waals surface area contributed by atoms with Gasteiger partial charge in [0.15, 0.2) is 5.65 Å². The van der Waals surface area contributed by atoms with Crippen molar-refractivity contribution in [3.8, 4) is 28.3 Å². The van der Waals surface area contributed by atoms with E-state index < -0.39 is 0 Å². The molecule has 6 nitrogen and oxygen atoms in total. The molecule has 0 saturated carbocycles. The molecule has 0 bridgehead atoms. The molecule has 3 aromatic carbocycles. The maximum Gasteiger partial charge on any atom is 0.252 e. The molecule has 0 fully saturated rings. The van der Waals surface area contributed by atoms with E-state index in [9.17, 15) is 13.6 Å². The number of para-hydroxylation sites is 1. The normalized spacial score (nSPS) is 10.9. The highest BCUT2D eigenvalue weighted by molar-refractivity contribution is 6.11. The van der Waals surface area contributed by atoms with Crippen LogP contribution in [0, 0.1) is 11.6 Å². The SMILES string of the molecule is COc1ccccc1-c1cc(C(=O)NCc2ccc(F)cc2)c2c(-c3ccc(F)cc3)[nH]nc2n1. The van der Waals surface area contributed by atoms with E-state index in [2.05, 4.69) is 20.5 Å². The number of rotatable bonds is 6. The van der Waals surface area contributed by atoms with Gasteiger partial charge in [-0.3, -0.25) is 9.89 Å². The highest BCUT2D eigenvalue weighted by Gasteiger charge is 2.21. The number of carbonyl (C=O) groups excluding carboxylic acids is 1. The molecule has 2 heterocycles. The number of methoxy groups -OCH3 is 1. The zero-order chi connectivity index (χ0) is 24.4. The molecule has 2 N–H and O–H groups in total. The Kier molecular flexibility index (Phi) is 5.93. The number of hydrogen-bond donors (Lipinski definition) is 2. The van der Waals surface area contributed by atoms with Gasteiger partial charge >= 0.3 is 0 Å². The molecule has 0 radical (unpaired) electrons. The van der Waals surface area contributed by atoms with Gasteiger partial charge in [0.25, 0.3) is 5.91 Å². The number of halogens is 2. The van der Waals surface area contributed by atoms with Gasteiger partial charge in [0.1, 0.15) is 17.4 Å². The summed E-state index contributed by atoms with van der Waals surface area (Å²) in [5.41, 5.74) is 3.85. The first-order valence-electron chi connectivity index (χ1n) is 10.8. The molecule has 0 aliphatic heterocycles. The quantitative estimate of drug-likeness (QED) is 0.343. The van der Waals surface area contributed by atoms with E-state index in [0.29, 0.717) is 44.9 Å². The smallest absolute Gasteiger partial charge is 0.252 e. The lowest BCUT2D eigenvalue weighted by atomic mass is 10.0. The Bertz CT molecular complexity index is 1510. The zero-order valence-electron chi connectivity index (χ0n) is 18.7. The minimum atomic E-state index is -0.369. The molecule has 174 valence electrons. The van der Waals surface area contributed by atoms with Crippen molar-refractivity contribution in [2.45, 2.75) is 6.54 Å². The van der Waals surface area contributed by atoms with Crippen LogP contribution in [0.3, 0.4) is 0 Å². The minimum absolute atomic E-state index is 0.205. The van der Waals surface area contributed by atoms with E-state index in [1.54, 1.807) is 37.4 Å². The second kappa shape index (κ2) is 9.34. The predicted molar refractivity (Wildman–Crippen MR) is 129 cm³/mol. The lowest BCUT2D eigenvalue weighted by Gasteiger charge is -2.12. The third kappa shape index (κ3) is 4.46. The highest BCUT2D eigenvalue weighted by atomic mass is 19.1. The highest BCUT2D eigenvalue weighted by Crippen LogP contribution is 2.34. The summed E-state index contributed by atoms with van der Waals surface area (Å²) >= 11 is 0. The number of aromatic amines is 1. The first kappa shape index (κ1) is 22.2. The number of fused-ring (bicyclic) bond motifs is 1. The summed E-state index contributed by atoms with van der Waals surface area (Å²) in [7, 11) is 1.56. The van der Waals surface area contributed by atoms with Gasteiger partial charge in [-0.15, -0.1) is 0 Å². The van der Waals surface area contributed by atoms with E-state index in [1.165, 1.54) is 24.3 Å². The molecular formula is C27H20F2N4O2. The lowest BCUT2D eigenvalue weighted by Crippen LogP contribution is -2.23. The zero-order valence-corrected chi connectivity index (χ0v) is 18.7. The molecular weight excluding hydrogens is 450 g/mol. The molecule has 0 atom stereocenters. The number of carbonyl (C=O) groups is 1. The van der Waals surface area contributed by atoms with Crippen LogP contribution < -0.4 is 10.1 Å². The Morgan fingerprint density at radius 1 is 0.971 bits per heavy atom. The predicted octanol–water partition coefficient (Wildman–Crippen LogP) is 5.51. The second-order valence-corrected chi connectivity index (χ2v) is 7.87. The Morgan fingerprint density at radius 3 is 2.37 bits per heavy atom. The minimum Gasteiger partial charge on any atom is -0.496 e. The molecule has 5 aromatic rings. The van der Waals surface area contributed by atoms with Crippen molar-refractivity contribution < 1.29 is 18.3 Å². The number of pyridine rings is 1. The van der Waals surface area contributed by atoms with Crippen molar-refractivity contribution in [1.29, 1.82) is 0 Å². The van der Waals surface area contributed by atoms with Crippen molar-refractivity contribution in [1.82, 2.24) is 20.5 Å². The van der Waals surface area contributed by atoms with Crippen LogP contribution in [0.4, 0.5) is 8.78 Å². The summed E-state index contributed by atoms with van der Waals surface area (Å²) in [6, 6.07) is 20.8. The molecule has 0 spiro atoms. The van der Waals surface area contributed by atoms with Crippen LogP contribution in [-0.4, -0.2) is 28.2 Å². The van der Waals surface area contributed by atoms with Crippen LogP contribution in [0.15, 0.2) is 78.9 Å². The number of nitrogens with one attached hydrogen (secondary N) is 2. The van der Waals surface area contributed by atoms with Gasteiger partial charge in [-0.05, 0) is 60.2 Å². The Hall–Kier alpha value is -4.59. The second-order valence-electron chi connectivity index (χ2n) is 7.87. The van der Waals surface area contributed by atoms with Crippen LogP contribution in [0.1, 0.15) is 15.9 Å². The standard InChI is InChI=1S/C27H20F2N4O2/c1-35-23-5-3-2-4-20(23)22-14-21(27(34)30-15-16-6-10-18(28)11-7-16)24-25(32-33-26(24)31-22)17-8-12-19(29)13-9-17/h2-14H,15H2,1H3,(H,30,34)(H,31,32,33). The Labute approximate surface area is 199 Å². The van der Waals surface area contributed by atoms with E-state index in [0.717, 1.165) is 5.56 Å². The van der Waals surface area contributed by atoms with Crippen LogP contribution in [0.2, 0.25) is 0 Å². The number of H-pyrrole nitrogens is 1. The van der Waals surface area contributed by atoms with Gasteiger partial charge < -0.3 is 10.1 Å². The maximum atomic E-state index is 13.5. The number of hydrogen-bond acceptors (Lipinski definition) is 4. The number of amides is 1. The van der Waals surface area contributed by atoms with Crippen molar-refractivity contribution in [3.63, 3.8) is 0 Å². The lowest BCUT2D eigenvalue weighted by molar-refractivity contribution is 0.0952. The van der Waals surface area contributed by atoms with E-state index in [-0.39, 0.29) is 24.1 Å². The largest absolute Gasteiger partial charge is 0.496 e. The van der Waals surface area contributed by atoms with Crippen LogP contribution in [0.25, 0.3) is 33.5 Å². The van der Waals surface area contributed by atoms with E-state index in [1.807, 2.05) is 24.3 Å². The molecule has 2 aromatic heterocycles.